The van der Waals surface area contributed by atoms with E-state index in [2.05, 4.69) is 22.1 Å². The van der Waals surface area contributed by atoms with Crippen molar-refractivity contribution in [1.82, 2.24) is 14.8 Å². The first-order valence-electron chi connectivity index (χ1n) is 8.21. The molecule has 3 N–H and O–H groups in total. The van der Waals surface area contributed by atoms with Crippen LogP contribution < -0.4 is 15.8 Å². The van der Waals surface area contributed by atoms with Crippen LogP contribution in [0.25, 0.3) is 0 Å². The number of para-hydroxylation sites is 1. The van der Waals surface area contributed by atoms with Crippen LogP contribution >= 0.6 is 11.8 Å². The molecule has 3 aromatic rings. The smallest absolute Gasteiger partial charge is 0.234 e. The number of aromatic nitrogens is 3. The van der Waals surface area contributed by atoms with E-state index in [-0.39, 0.29) is 11.7 Å². The lowest BCUT2D eigenvalue weighted by Crippen LogP contribution is -2.14. The van der Waals surface area contributed by atoms with E-state index < -0.39 is 0 Å². The molecule has 0 aliphatic rings. The van der Waals surface area contributed by atoms with Crippen molar-refractivity contribution in [3.8, 4) is 11.5 Å². The van der Waals surface area contributed by atoms with E-state index in [0.29, 0.717) is 29.1 Å². The number of carbonyl (C=O) groups is 1. The Morgan fingerprint density at radius 1 is 1.19 bits per heavy atom. The van der Waals surface area contributed by atoms with Crippen molar-refractivity contribution < 1.29 is 9.53 Å². The van der Waals surface area contributed by atoms with Gasteiger partial charge in [-0.2, -0.15) is 0 Å². The number of benzene rings is 2. The van der Waals surface area contributed by atoms with Gasteiger partial charge in [0.15, 0.2) is 5.16 Å². The Morgan fingerprint density at radius 3 is 2.74 bits per heavy atom. The maximum atomic E-state index is 12.2. The quantitative estimate of drug-likeness (QED) is 0.457. The molecule has 1 heterocycles. The summed E-state index contributed by atoms with van der Waals surface area (Å²) >= 11 is 1.26. The van der Waals surface area contributed by atoms with Gasteiger partial charge in [-0.15, -0.1) is 16.8 Å². The number of nitrogens with one attached hydrogen (secondary N) is 1. The molecule has 138 valence electrons. The van der Waals surface area contributed by atoms with Crippen LogP contribution in [0.4, 0.5) is 11.6 Å². The fourth-order valence-corrected chi connectivity index (χ4v) is 3.05. The summed E-state index contributed by atoms with van der Waals surface area (Å²) in [4.78, 5) is 12.2. The third-order valence-electron chi connectivity index (χ3n) is 3.49. The summed E-state index contributed by atoms with van der Waals surface area (Å²) in [5.41, 5.74) is 6.40. The molecule has 0 aliphatic carbocycles. The van der Waals surface area contributed by atoms with Crippen LogP contribution in [0.5, 0.6) is 11.5 Å². The van der Waals surface area contributed by atoms with Gasteiger partial charge in [0.05, 0.1) is 5.75 Å². The van der Waals surface area contributed by atoms with E-state index in [4.69, 9.17) is 10.5 Å². The van der Waals surface area contributed by atoms with Crippen molar-refractivity contribution in [1.29, 1.82) is 0 Å². The monoisotopic (exact) mass is 381 g/mol. The number of carbonyl (C=O) groups excluding carboxylic acids is 1. The van der Waals surface area contributed by atoms with E-state index in [1.54, 1.807) is 22.8 Å². The summed E-state index contributed by atoms with van der Waals surface area (Å²) in [7, 11) is 0. The second kappa shape index (κ2) is 8.91. The van der Waals surface area contributed by atoms with Gasteiger partial charge in [-0.3, -0.25) is 9.36 Å². The Kier molecular flexibility index (Phi) is 6.11. The average Bonchev–Trinajstić information content (AvgIpc) is 3.01. The van der Waals surface area contributed by atoms with Gasteiger partial charge in [-0.05, 0) is 24.3 Å². The van der Waals surface area contributed by atoms with Crippen molar-refractivity contribution >= 4 is 29.3 Å². The SMILES string of the molecule is C=CCn1c(N)nnc1SCC(=O)Nc1cccc(Oc2ccccc2)c1. The summed E-state index contributed by atoms with van der Waals surface area (Å²) in [5, 5.41) is 11.2. The van der Waals surface area contributed by atoms with E-state index in [0.717, 1.165) is 5.75 Å². The van der Waals surface area contributed by atoms with Crippen LogP contribution in [-0.4, -0.2) is 26.4 Å². The Balaban J connectivity index is 1.58. The van der Waals surface area contributed by atoms with Crippen LogP contribution in [0, 0.1) is 0 Å². The molecule has 0 saturated heterocycles. The Labute approximate surface area is 161 Å². The third-order valence-corrected chi connectivity index (χ3v) is 4.45. The molecule has 27 heavy (non-hydrogen) atoms. The van der Waals surface area contributed by atoms with Crippen LogP contribution in [0.15, 0.2) is 72.4 Å². The Hall–Kier alpha value is -3.26. The number of allylic oxidation sites excluding steroid dienone is 1. The fourth-order valence-electron chi connectivity index (χ4n) is 2.30. The van der Waals surface area contributed by atoms with Crippen molar-refractivity contribution in [3.63, 3.8) is 0 Å². The topological polar surface area (TPSA) is 95.1 Å². The van der Waals surface area contributed by atoms with Gasteiger partial charge in [0.1, 0.15) is 11.5 Å². The lowest BCUT2D eigenvalue weighted by atomic mass is 10.3. The van der Waals surface area contributed by atoms with Gasteiger partial charge in [0, 0.05) is 18.3 Å². The summed E-state index contributed by atoms with van der Waals surface area (Å²) in [6, 6.07) is 16.7. The number of nitrogens with two attached hydrogens (primary N) is 1. The highest BCUT2D eigenvalue weighted by molar-refractivity contribution is 7.99. The van der Waals surface area contributed by atoms with Crippen LogP contribution in [0.1, 0.15) is 0 Å². The zero-order chi connectivity index (χ0) is 19.1. The number of thioether (sulfide) groups is 1. The maximum Gasteiger partial charge on any atom is 0.234 e. The van der Waals surface area contributed by atoms with Crippen molar-refractivity contribution in [3.05, 3.63) is 67.3 Å². The standard InChI is InChI=1S/C19H19N5O2S/c1-2-11-24-18(20)22-23-19(24)27-13-17(25)21-14-7-6-10-16(12-14)26-15-8-4-3-5-9-15/h2-10,12H,1,11,13H2,(H2,20,22)(H,21,25). The molecule has 0 saturated carbocycles. The first kappa shape index (κ1) is 18.5. The third kappa shape index (κ3) is 5.11. The summed E-state index contributed by atoms with van der Waals surface area (Å²) < 4.78 is 7.47. The molecule has 0 aliphatic heterocycles. The van der Waals surface area contributed by atoms with Crippen LogP contribution in [0.2, 0.25) is 0 Å². The highest BCUT2D eigenvalue weighted by Gasteiger charge is 2.12. The number of amides is 1. The predicted octanol–water partition coefficient (Wildman–Crippen LogP) is 3.57. The Morgan fingerprint density at radius 2 is 1.96 bits per heavy atom. The zero-order valence-corrected chi connectivity index (χ0v) is 15.4. The van der Waals surface area contributed by atoms with E-state index in [9.17, 15) is 4.79 Å². The van der Waals surface area contributed by atoms with Gasteiger partial charge in [0.2, 0.25) is 11.9 Å². The lowest BCUT2D eigenvalue weighted by molar-refractivity contribution is -0.113. The molecule has 8 heteroatoms. The highest BCUT2D eigenvalue weighted by Crippen LogP contribution is 2.24. The van der Waals surface area contributed by atoms with Gasteiger partial charge in [0.25, 0.3) is 0 Å². The molecule has 7 nitrogen and oxygen atoms in total. The molecule has 1 aromatic heterocycles. The van der Waals surface area contributed by atoms with Gasteiger partial charge in [-0.25, -0.2) is 0 Å². The summed E-state index contributed by atoms with van der Waals surface area (Å²) in [6.07, 6.45) is 1.70. The normalized spacial score (nSPS) is 10.4. The minimum absolute atomic E-state index is 0.163. The van der Waals surface area contributed by atoms with E-state index in [1.807, 2.05) is 42.5 Å². The number of nitrogen functional groups attached to an aromatic ring is 1. The molecular weight excluding hydrogens is 362 g/mol. The number of anilines is 2. The largest absolute Gasteiger partial charge is 0.457 e. The molecule has 0 bridgehead atoms. The van der Waals surface area contributed by atoms with Crippen LogP contribution in [0.3, 0.4) is 0 Å². The first-order chi connectivity index (χ1) is 13.2. The average molecular weight is 381 g/mol. The predicted molar refractivity (Wildman–Crippen MR) is 107 cm³/mol. The van der Waals surface area contributed by atoms with Gasteiger partial charge in [-0.1, -0.05) is 42.1 Å². The molecule has 0 atom stereocenters. The minimum Gasteiger partial charge on any atom is -0.457 e. The van der Waals surface area contributed by atoms with E-state index >= 15 is 0 Å². The number of hydrogen-bond acceptors (Lipinski definition) is 6. The minimum atomic E-state index is -0.163. The molecule has 2 aromatic carbocycles. The molecular formula is C19H19N5O2S. The van der Waals surface area contributed by atoms with Crippen molar-refractivity contribution in [2.75, 3.05) is 16.8 Å². The van der Waals surface area contributed by atoms with Gasteiger partial charge >= 0.3 is 0 Å². The zero-order valence-electron chi connectivity index (χ0n) is 14.5. The fraction of sp³-hybridized carbons (Fsp3) is 0.105. The first-order valence-corrected chi connectivity index (χ1v) is 9.19. The molecule has 3 rings (SSSR count). The molecule has 0 radical (unpaired) electrons. The number of nitrogens with zero attached hydrogens (tertiary/aromatic N) is 3. The second-order valence-electron chi connectivity index (χ2n) is 5.52. The van der Waals surface area contributed by atoms with Gasteiger partial charge < -0.3 is 15.8 Å². The van der Waals surface area contributed by atoms with E-state index in [1.165, 1.54) is 11.8 Å². The molecule has 0 spiro atoms. The Bertz CT molecular complexity index is 927. The number of rotatable bonds is 8. The second-order valence-corrected chi connectivity index (χ2v) is 6.46. The molecule has 0 unspecified atom stereocenters. The summed E-state index contributed by atoms with van der Waals surface area (Å²) in [6.45, 7) is 4.16. The molecule has 1 amide bonds. The van der Waals surface area contributed by atoms with Crippen molar-refractivity contribution in [2.45, 2.75) is 11.7 Å². The lowest BCUT2D eigenvalue weighted by Gasteiger charge is -2.09. The summed E-state index contributed by atoms with van der Waals surface area (Å²) in [5.74, 6) is 1.69. The number of ether oxygens (including phenoxy) is 1. The molecule has 0 fully saturated rings. The number of hydrogen-bond donors (Lipinski definition) is 2. The van der Waals surface area contributed by atoms with Crippen LogP contribution in [-0.2, 0) is 11.3 Å². The maximum absolute atomic E-state index is 12.2. The highest BCUT2D eigenvalue weighted by atomic mass is 32.2. The van der Waals surface area contributed by atoms with Crippen molar-refractivity contribution in [2.24, 2.45) is 0 Å².